The Labute approximate surface area is 99.1 Å². The predicted octanol–water partition coefficient (Wildman–Crippen LogP) is 2.69. The van der Waals surface area contributed by atoms with Crippen molar-refractivity contribution in [2.75, 3.05) is 0 Å². The first-order valence-electron chi connectivity index (χ1n) is 3.83. The minimum absolute atomic E-state index is 0. The van der Waals surface area contributed by atoms with Crippen molar-refractivity contribution < 1.29 is 21.1 Å². The van der Waals surface area contributed by atoms with Crippen LogP contribution in [0.15, 0.2) is 0 Å². The maximum Gasteiger partial charge on any atom is 0 e. The summed E-state index contributed by atoms with van der Waals surface area (Å²) in [4.78, 5) is 0. The second-order valence-corrected chi connectivity index (χ2v) is 1.92. The zero-order chi connectivity index (χ0) is 9.07. The van der Waals surface area contributed by atoms with Gasteiger partial charge in [0.05, 0.1) is 0 Å². The van der Waals surface area contributed by atoms with Crippen LogP contribution in [-0.4, -0.2) is 0 Å². The molecular formula is C12H14W. The summed E-state index contributed by atoms with van der Waals surface area (Å²) in [7, 11) is 0. The monoisotopic (exact) mass is 342 g/mol. The van der Waals surface area contributed by atoms with E-state index in [0.29, 0.717) is 0 Å². The molecule has 0 aliphatic heterocycles. The summed E-state index contributed by atoms with van der Waals surface area (Å²) in [6.07, 6.45) is 20.0. The molecule has 0 aromatic heterocycles. The predicted molar refractivity (Wildman–Crippen MR) is 53.7 cm³/mol. The van der Waals surface area contributed by atoms with Crippen molar-refractivity contribution in [1.29, 1.82) is 0 Å². The minimum atomic E-state index is 0. The molecule has 0 heterocycles. The number of hydrogen-bond donors (Lipinski definition) is 0. The van der Waals surface area contributed by atoms with Crippen LogP contribution in [0.4, 0.5) is 0 Å². The van der Waals surface area contributed by atoms with Crippen LogP contribution in [-0.2, 0) is 21.1 Å². The van der Waals surface area contributed by atoms with E-state index in [1.165, 1.54) is 0 Å². The first-order chi connectivity index (χ1) is 6.00. The molecule has 0 aromatic carbocycles. The zero-order valence-electron chi connectivity index (χ0n) is 7.60. The zero-order valence-corrected chi connectivity index (χ0v) is 10.5. The van der Waals surface area contributed by atoms with Crippen LogP contribution >= 0.6 is 0 Å². The molecule has 0 spiro atoms. The Bertz CT molecular complexity index is 38.3. The molecule has 2 fully saturated rings. The molecule has 13 heavy (non-hydrogen) atoms. The van der Waals surface area contributed by atoms with Gasteiger partial charge in [-0.2, -0.15) is 0 Å². The fourth-order valence-electron chi connectivity index (χ4n) is 0.642. The molecule has 0 amide bonds. The van der Waals surface area contributed by atoms with Crippen LogP contribution in [0.2, 0.25) is 0 Å². The van der Waals surface area contributed by atoms with Gasteiger partial charge in [0.2, 0.25) is 0 Å². The van der Waals surface area contributed by atoms with Crippen molar-refractivity contribution in [3.05, 3.63) is 78.1 Å². The first kappa shape index (κ1) is 16.1. The summed E-state index contributed by atoms with van der Waals surface area (Å²) in [5, 5.41) is 0. The quantitative estimate of drug-likeness (QED) is 0.635. The molecule has 0 atom stereocenters. The Balaban J connectivity index is 0. The normalized spacial score (nSPS) is 18.9. The van der Waals surface area contributed by atoms with Crippen molar-refractivity contribution in [2.45, 2.75) is 0 Å². The Morgan fingerprint density at radius 3 is 0.538 bits per heavy atom. The summed E-state index contributed by atoms with van der Waals surface area (Å²) in [5.41, 5.74) is 0. The van der Waals surface area contributed by atoms with Crippen LogP contribution in [0.5, 0.6) is 0 Å². The summed E-state index contributed by atoms with van der Waals surface area (Å²) < 4.78 is 0. The Kier molecular flexibility index (Phi) is 18.8. The summed E-state index contributed by atoms with van der Waals surface area (Å²) in [5.74, 6) is 0. The van der Waals surface area contributed by atoms with Gasteiger partial charge in [0, 0.05) is 21.1 Å². The molecule has 0 aromatic rings. The van der Waals surface area contributed by atoms with E-state index in [9.17, 15) is 0 Å². The van der Waals surface area contributed by atoms with Gasteiger partial charge >= 0.3 is 0 Å². The van der Waals surface area contributed by atoms with E-state index in [-0.39, 0.29) is 21.1 Å². The smallest absolute Gasteiger partial charge is 0 e. The molecule has 0 bridgehead atoms. The summed E-state index contributed by atoms with van der Waals surface area (Å²) >= 11 is 0. The second-order valence-electron chi connectivity index (χ2n) is 1.92. The van der Waals surface area contributed by atoms with E-state index in [1.807, 2.05) is 64.2 Å². The SMILES string of the molecule is [CH2][CH2].[CH]1[CH][CH][CH][CH]1.[CH]1[CH][CH][CH][CH]1.[W]. The van der Waals surface area contributed by atoms with Gasteiger partial charge < -0.3 is 0 Å². The first-order valence-corrected chi connectivity index (χ1v) is 3.83. The fraction of sp³-hybridized carbons (Fsp3) is 0. The molecule has 0 nitrogen and oxygen atoms in total. The van der Waals surface area contributed by atoms with E-state index in [2.05, 4.69) is 13.8 Å². The van der Waals surface area contributed by atoms with E-state index in [1.54, 1.807) is 0 Å². The molecule has 2 aliphatic carbocycles. The van der Waals surface area contributed by atoms with Crippen LogP contribution in [0, 0.1) is 78.1 Å². The van der Waals surface area contributed by atoms with Crippen molar-refractivity contribution in [2.24, 2.45) is 0 Å². The number of hydrogen-bond acceptors (Lipinski definition) is 0. The van der Waals surface area contributed by atoms with Gasteiger partial charge in [-0.25, -0.2) is 0 Å². The molecule has 0 N–H and O–H groups in total. The molecule has 12 radical (unpaired) electrons. The minimum Gasteiger partial charge on any atom is -0.0533 e. The topological polar surface area (TPSA) is 0 Å². The Morgan fingerprint density at radius 2 is 0.462 bits per heavy atom. The third-order valence-electron chi connectivity index (χ3n) is 1.11. The molecular weight excluding hydrogens is 328 g/mol. The maximum atomic E-state index is 3.00. The van der Waals surface area contributed by atoms with Gasteiger partial charge in [-0.1, -0.05) is 13.8 Å². The van der Waals surface area contributed by atoms with Crippen LogP contribution < -0.4 is 0 Å². The van der Waals surface area contributed by atoms with Gasteiger partial charge in [-0.15, -0.1) is 0 Å². The summed E-state index contributed by atoms with van der Waals surface area (Å²) in [6.45, 7) is 6.00. The largest absolute Gasteiger partial charge is 0.0533 e. The van der Waals surface area contributed by atoms with Crippen LogP contribution in [0.25, 0.3) is 0 Å². The average Bonchev–Trinajstić information content (AvgIpc) is 2.87. The van der Waals surface area contributed by atoms with E-state index >= 15 is 0 Å². The third-order valence-corrected chi connectivity index (χ3v) is 1.11. The third kappa shape index (κ3) is 12.7. The van der Waals surface area contributed by atoms with Gasteiger partial charge in [-0.3, -0.25) is 0 Å². The maximum absolute atomic E-state index is 3.00. The molecule has 0 unspecified atom stereocenters. The molecule has 0 saturated heterocycles. The van der Waals surface area contributed by atoms with E-state index in [0.717, 1.165) is 0 Å². The van der Waals surface area contributed by atoms with Crippen LogP contribution in [0.3, 0.4) is 0 Å². The summed E-state index contributed by atoms with van der Waals surface area (Å²) in [6, 6.07) is 0. The molecule has 68 valence electrons. The van der Waals surface area contributed by atoms with Crippen molar-refractivity contribution in [1.82, 2.24) is 0 Å². The van der Waals surface area contributed by atoms with Crippen molar-refractivity contribution >= 4 is 0 Å². The molecule has 2 rings (SSSR count). The standard InChI is InChI=1S/2C5H5.C2H4.W/c2*1-2-4-5-3-1;1-2;/h2*1-5H;1-2H2;. The molecule has 2 aliphatic rings. The average molecular weight is 342 g/mol. The van der Waals surface area contributed by atoms with Crippen LogP contribution in [0.1, 0.15) is 0 Å². The van der Waals surface area contributed by atoms with Gasteiger partial charge in [0.25, 0.3) is 0 Å². The van der Waals surface area contributed by atoms with Gasteiger partial charge in [-0.05, 0) is 64.2 Å². The van der Waals surface area contributed by atoms with Gasteiger partial charge in [0.1, 0.15) is 0 Å². The van der Waals surface area contributed by atoms with Crippen molar-refractivity contribution in [3.63, 3.8) is 0 Å². The molecule has 1 heteroatoms. The second kappa shape index (κ2) is 15.2. The van der Waals surface area contributed by atoms with Crippen molar-refractivity contribution in [3.8, 4) is 0 Å². The Morgan fingerprint density at radius 1 is 0.385 bits per heavy atom. The number of rotatable bonds is 0. The fourth-order valence-corrected chi connectivity index (χ4v) is 0.642. The van der Waals surface area contributed by atoms with E-state index < -0.39 is 0 Å². The molecule has 2 saturated carbocycles. The Hall–Kier alpha value is 0.688. The van der Waals surface area contributed by atoms with E-state index in [4.69, 9.17) is 0 Å². The van der Waals surface area contributed by atoms with Gasteiger partial charge in [0.15, 0.2) is 0 Å².